The van der Waals surface area contributed by atoms with E-state index in [-0.39, 0.29) is 31.0 Å². The molecule has 1 aromatic heterocycles. The van der Waals surface area contributed by atoms with Gasteiger partial charge in [0.05, 0.1) is 6.42 Å². The van der Waals surface area contributed by atoms with Gasteiger partial charge in [0.15, 0.2) is 10.4 Å². The minimum Gasteiger partial charge on any atom is -0.461 e. The zero-order valence-corrected chi connectivity index (χ0v) is 18.6. The Morgan fingerprint density at radius 1 is 0.938 bits per heavy atom. The molecule has 0 aliphatic heterocycles. The van der Waals surface area contributed by atoms with Crippen molar-refractivity contribution in [2.24, 2.45) is 0 Å². The van der Waals surface area contributed by atoms with E-state index in [9.17, 15) is 14.4 Å². The molecule has 0 bridgehead atoms. The molecule has 0 atom stereocenters. The van der Waals surface area contributed by atoms with Crippen LogP contribution in [0.3, 0.4) is 0 Å². The van der Waals surface area contributed by atoms with E-state index in [1.165, 1.54) is 6.07 Å². The summed E-state index contributed by atoms with van der Waals surface area (Å²) in [6.07, 6.45) is 1.54. The van der Waals surface area contributed by atoms with Crippen LogP contribution in [0.5, 0.6) is 0 Å². The van der Waals surface area contributed by atoms with Gasteiger partial charge in [-0.2, -0.15) is 0 Å². The molecule has 3 aromatic rings. The van der Waals surface area contributed by atoms with Gasteiger partial charge in [0, 0.05) is 6.54 Å². The summed E-state index contributed by atoms with van der Waals surface area (Å²) >= 11 is 3.14. The fourth-order valence-corrected chi connectivity index (χ4v) is 2.98. The number of furan rings is 1. The van der Waals surface area contributed by atoms with Gasteiger partial charge in [-0.15, -0.1) is 0 Å². The molecule has 8 heteroatoms. The predicted molar refractivity (Wildman–Crippen MR) is 122 cm³/mol. The number of rotatable bonds is 9. The summed E-state index contributed by atoms with van der Waals surface area (Å²) in [5, 5.41) is 5.19. The molecule has 0 fully saturated rings. The number of nitrogens with one attached hydrogen (secondary N) is 2. The zero-order valence-electron chi connectivity index (χ0n) is 17.0. The Morgan fingerprint density at radius 3 is 2.28 bits per heavy atom. The van der Waals surface area contributed by atoms with Crippen molar-refractivity contribution in [3.05, 3.63) is 100 Å². The van der Waals surface area contributed by atoms with Crippen molar-refractivity contribution in [2.45, 2.75) is 13.0 Å². The van der Waals surface area contributed by atoms with Crippen molar-refractivity contribution in [1.29, 1.82) is 0 Å². The zero-order chi connectivity index (χ0) is 22.8. The highest BCUT2D eigenvalue weighted by molar-refractivity contribution is 9.10. The van der Waals surface area contributed by atoms with Crippen molar-refractivity contribution in [3.63, 3.8) is 0 Å². The number of ether oxygens (including phenoxy) is 1. The highest BCUT2D eigenvalue weighted by Crippen LogP contribution is 2.14. The first kappa shape index (κ1) is 23.0. The smallest absolute Gasteiger partial charge is 0.307 e. The first-order chi connectivity index (χ1) is 15.5. The van der Waals surface area contributed by atoms with Gasteiger partial charge in [-0.05, 0) is 45.3 Å². The van der Waals surface area contributed by atoms with Crippen LogP contribution in [0.4, 0.5) is 0 Å². The molecule has 0 spiro atoms. The molecule has 0 radical (unpaired) electrons. The Bertz CT molecular complexity index is 1090. The summed E-state index contributed by atoms with van der Waals surface area (Å²) in [5.74, 6) is -1.50. The standard InChI is InChI=1S/C24H21BrN2O5/c25-21-12-11-20(32-21)24(30)27-19(15-17-7-3-1-4-8-17)23(29)26-14-13-22(28)31-16-18-9-5-2-6-10-18/h1-12,15H,13-14,16H2,(H,26,29)(H,27,30)/b19-15+. The number of hydrogen-bond acceptors (Lipinski definition) is 5. The third kappa shape index (κ3) is 7.24. The summed E-state index contributed by atoms with van der Waals surface area (Å²) < 4.78 is 10.8. The molecule has 0 unspecified atom stereocenters. The van der Waals surface area contributed by atoms with Crippen LogP contribution in [-0.2, 0) is 20.9 Å². The first-order valence-corrected chi connectivity index (χ1v) is 10.6. The third-order valence-electron chi connectivity index (χ3n) is 4.26. The maximum atomic E-state index is 12.7. The first-order valence-electron chi connectivity index (χ1n) is 9.82. The average molecular weight is 497 g/mol. The Morgan fingerprint density at radius 2 is 1.62 bits per heavy atom. The highest BCUT2D eigenvalue weighted by Gasteiger charge is 2.17. The molecule has 0 saturated carbocycles. The van der Waals surface area contributed by atoms with Crippen LogP contribution in [-0.4, -0.2) is 24.3 Å². The van der Waals surface area contributed by atoms with Crippen LogP contribution in [0.15, 0.2) is 87.6 Å². The second-order valence-electron chi connectivity index (χ2n) is 6.68. The third-order valence-corrected chi connectivity index (χ3v) is 4.68. The van der Waals surface area contributed by atoms with Gasteiger partial charge in [0.2, 0.25) is 0 Å². The Kier molecular flexibility index (Phi) is 8.39. The molecular formula is C24H21BrN2O5. The molecule has 2 N–H and O–H groups in total. The molecular weight excluding hydrogens is 476 g/mol. The molecule has 0 saturated heterocycles. The van der Waals surface area contributed by atoms with Crippen LogP contribution >= 0.6 is 15.9 Å². The average Bonchev–Trinajstić information content (AvgIpc) is 3.25. The number of carbonyl (C=O) groups is 3. The second-order valence-corrected chi connectivity index (χ2v) is 7.46. The van der Waals surface area contributed by atoms with E-state index in [4.69, 9.17) is 9.15 Å². The molecule has 32 heavy (non-hydrogen) atoms. The van der Waals surface area contributed by atoms with Crippen LogP contribution in [0.1, 0.15) is 28.1 Å². The van der Waals surface area contributed by atoms with Crippen LogP contribution in [0.2, 0.25) is 0 Å². The summed E-state index contributed by atoms with van der Waals surface area (Å²) in [4.78, 5) is 37.1. The number of halogens is 1. The van der Waals surface area contributed by atoms with Crippen molar-refractivity contribution in [3.8, 4) is 0 Å². The lowest BCUT2D eigenvalue weighted by molar-refractivity contribution is -0.144. The molecule has 3 rings (SSSR count). The molecule has 164 valence electrons. The maximum Gasteiger partial charge on any atom is 0.307 e. The van der Waals surface area contributed by atoms with E-state index in [0.717, 1.165) is 11.1 Å². The summed E-state index contributed by atoms with van der Waals surface area (Å²) in [5.41, 5.74) is 1.62. The fraction of sp³-hybridized carbons (Fsp3) is 0.125. The van der Waals surface area contributed by atoms with Crippen LogP contribution in [0, 0.1) is 0 Å². The van der Waals surface area contributed by atoms with Crippen molar-refractivity contribution < 1.29 is 23.5 Å². The fourth-order valence-electron chi connectivity index (χ4n) is 2.68. The lowest BCUT2D eigenvalue weighted by Gasteiger charge is -2.10. The maximum absolute atomic E-state index is 12.7. The lowest BCUT2D eigenvalue weighted by Crippen LogP contribution is -2.35. The Balaban J connectivity index is 1.57. The van der Waals surface area contributed by atoms with Gasteiger partial charge in [0.1, 0.15) is 12.3 Å². The van der Waals surface area contributed by atoms with E-state index < -0.39 is 17.8 Å². The van der Waals surface area contributed by atoms with Gasteiger partial charge in [-0.1, -0.05) is 60.7 Å². The molecule has 0 aliphatic rings. The van der Waals surface area contributed by atoms with Crippen molar-refractivity contribution in [2.75, 3.05) is 6.54 Å². The molecule has 0 aliphatic carbocycles. The molecule has 1 heterocycles. The number of carbonyl (C=O) groups excluding carboxylic acids is 3. The van der Waals surface area contributed by atoms with Gasteiger partial charge in [-0.25, -0.2) is 0 Å². The largest absolute Gasteiger partial charge is 0.461 e. The van der Waals surface area contributed by atoms with E-state index in [1.54, 1.807) is 24.3 Å². The van der Waals surface area contributed by atoms with Gasteiger partial charge in [-0.3, -0.25) is 14.4 Å². The van der Waals surface area contributed by atoms with Gasteiger partial charge < -0.3 is 19.8 Å². The number of hydrogen-bond donors (Lipinski definition) is 2. The Labute approximate surface area is 193 Å². The van der Waals surface area contributed by atoms with Crippen LogP contribution in [0.25, 0.3) is 6.08 Å². The van der Waals surface area contributed by atoms with E-state index in [1.807, 2.05) is 48.5 Å². The van der Waals surface area contributed by atoms with Crippen molar-refractivity contribution >= 4 is 39.8 Å². The van der Waals surface area contributed by atoms with Gasteiger partial charge >= 0.3 is 5.97 Å². The molecule has 2 aromatic carbocycles. The van der Waals surface area contributed by atoms with E-state index in [2.05, 4.69) is 26.6 Å². The van der Waals surface area contributed by atoms with Crippen LogP contribution < -0.4 is 10.6 Å². The second kappa shape index (κ2) is 11.7. The number of esters is 1. The highest BCUT2D eigenvalue weighted by atomic mass is 79.9. The topological polar surface area (TPSA) is 97.6 Å². The predicted octanol–water partition coefficient (Wildman–Crippen LogP) is 4.06. The van der Waals surface area contributed by atoms with Gasteiger partial charge in [0.25, 0.3) is 11.8 Å². The normalized spacial score (nSPS) is 11.0. The summed E-state index contributed by atoms with van der Waals surface area (Å²) in [7, 11) is 0. The lowest BCUT2D eigenvalue weighted by atomic mass is 10.2. The Hall–Kier alpha value is -3.65. The van der Waals surface area contributed by atoms with E-state index >= 15 is 0 Å². The monoisotopic (exact) mass is 496 g/mol. The quantitative estimate of drug-likeness (QED) is 0.343. The SMILES string of the molecule is O=C(CCNC(=O)/C(=C\c1ccccc1)NC(=O)c1ccc(Br)o1)OCc1ccccc1. The summed E-state index contributed by atoms with van der Waals surface area (Å²) in [6, 6.07) is 21.4. The minimum atomic E-state index is -0.574. The van der Waals surface area contributed by atoms with Crippen molar-refractivity contribution in [1.82, 2.24) is 10.6 Å². The number of benzene rings is 2. The summed E-state index contributed by atoms with van der Waals surface area (Å²) in [6.45, 7) is 0.225. The van der Waals surface area contributed by atoms with E-state index in [0.29, 0.717) is 4.67 Å². The number of amides is 2. The molecule has 2 amide bonds. The minimum absolute atomic E-state index is 0.00370. The molecule has 7 nitrogen and oxygen atoms in total.